The molecule has 0 aliphatic heterocycles. The Balaban J connectivity index is 0.00000240. The molecule has 0 saturated heterocycles. The standard InChI is InChI=1S/C24H20N3O.Rf/c1-2-9-17-14-15-20(21(28)16-17)24-26-22(18-10-5-3-6-11-18)25-23(27-24)19-12-7-4-8-13-19;/h3-8,10-16,28H,1-2,9H2;/q-1;. The van der Waals surface area contributed by atoms with Crippen LogP contribution in [0.3, 0.4) is 0 Å². The molecule has 0 aliphatic carbocycles. The van der Waals surface area contributed by atoms with Crippen molar-refractivity contribution >= 4 is 0 Å². The summed E-state index contributed by atoms with van der Waals surface area (Å²) < 4.78 is 0. The number of aryl methyl sites for hydroxylation is 1. The van der Waals surface area contributed by atoms with Crippen molar-refractivity contribution in [3.8, 4) is 39.9 Å². The van der Waals surface area contributed by atoms with Gasteiger partial charge >= 0.3 is 0 Å². The van der Waals surface area contributed by atoms with Gasteiger partial charge in [0.1, 0.15) is 5.75 Å². The zero-order valence-electron chi connectivity index (χ0n) is 16.1. The molecule has 5 heteroatoms. The van der Waals surface area contributed by atoms with E-state index in [1.807, 2.05) is 72.8 Å². The summed E-state index contributed by atoms with van der Waals surface area (Å²) >= 11 is 0. The maximum Gasteiger partial charge on any atom is 0.167 e. The van der Waals surface area contributed by atoms with Crippen molar-refractivity contribution in [3.05, 3.63) is 91.3 Å². The van der Waals surface area contributed by atoms with Crippen LogP contribution in [0.4, 0.5) is 0 Å². The minimum absolute atomic E-state index is 0. The van der Waals surface area contributed by atoms with E-state index in [9.17, 15) is 5.11 Å². The van der Waals surface area contributed by atoms with Gasteiger partial charge in [-0.25, -0.2) is 15.0 Å². The van der Waals surface area contributed by atoms with E-state index in [0.717, 1.165) is 29.5 Å². The molecule has 1 N–H and O–H groups in total. The predicted molar refractivity (Wildman–Crippen MR) is 111 cm³/mol. The SMILES string of the molecule is [CH2-]CCc1ccc(-c2nc(-c3ccccc3)nc(-c3ccccc3)n2)c(O)c1.[Rf]. The third-order valence-corrected chi connectivity index (χ3v) is 4.47. The monoisotopic (exact) mass is 633 g/mol. The summed E-state index contributed by atoms with van der Waals surface area (Å²) in [6.45, 7) is 3.87. The fourth-order valence-electron chi connectivity index (χ4n) is 3.05. The molecule has 0 aliphatic rings. The number of phenols is 1. The second-order valence-corrected chi connectivity index (χ2v) is 6.49. The number of hydrogen-bond acceptors (Lipinski definition) is 4. The van der Waals surface area contributed by atoms with Gasteiger partial charge in [0, 0.05) is 11.1 Å². The summed E-state index contributed by atoms with van der Waals surface area (Å²) in [7, 11) is 0. The summed E-state index contributed by atoms with van der Waals surface area (Å²) in [5.74, 6) is 1.76. The normalized spacial score (nSPS) is 10.4. The molecule has 140 valence electrons. The van der Waals surface area contributed by atoms with Crippen molar-refractivity contribution in [3.63, 3.8) is 0 Å². The van der Waals surface area contributed by atoms with Gasteiger partial charge < -0.3 is 12.0 Å². The van der Waals surface area contributed by atoms with Crippen LogP contribution >= 0.6 is 0 Å². The Hall–Kier alpha value is -4.53. The van der Waals surface area contributed by atoms with Gasteiger partial charge in [0.25, 0.3) is 0 Å². The van der Waals surface area contributed by atoms with Crippen LogP contribution in [0.5, 0.6) is 5.75 Å². The van der Waals surface area contributed by atoms with E-state index in [-0.39, 0.29) is 5.75 Å². The van der Waals surface area contributed by atoms with Gasteiger partial charge in [-0.05, 0) is 17.7 Å². The molecule has 3 aromatic carbocycles. The van der Waals surface area contributed by atoms with E-state index in [1.165, 1.54) is 0 Å². The maximum atomic E-state index is 10.6. The number of phenolic OH excluding ortho intramolecular Hbond substituents is 1. The second-order valence-electron chi connectivity index (χ2n) is 6.49. The Morgan fingerprint density at radius 2 is 1.21 bits per heavy atom. The van der Waals surface area contributed by atoms with Crippen LogP contribution in [-0.4, -0.2) is 20.1 Å². The average molecular weight is 633 g/mol. The molecule has 4 aromatic rings. The molecule has 0 bridgehead atoms. The second kappa shape index (κ2) is 8.44. The topological polar surface area (TPSA) is 58.9 Å². The molecule has 0 saturated carbocycles. The molecular formula is C24H20N3ORf-. The van der Waals surface area contributed by atoms with Gasteiger partial charge in [0.2, 0.25) is 0 Å². The molecule has 0 spiro atoms. The molecule has 4 nitrogen and oxygen atoms in total. The van der Waals surface area contributed by atoms with Gasteiger partial charge in [-0.3, -0.25) is 0 Å². The van der Waals surface area contributed by atoms with E-state index in [2.05, 4.69) is 21.9 Å². The van der Waals surface area contributed by atoms with Crippen LogP contribution < -0.4 is 0 Å². The third-order valence-electron chi connectivity index (χ3n) is 4.47. The van der Waals surface area contributed by atoms with E-state index in [4.69, 9.17) is 0 Å². The molecule has 1 aromatic heterocycles. The van der Waals surface area contributed by atoms with Crippen LogP contribution in [0.2, 0.25) is 0 Å². The van der Waals surface area contributed by atoms with Gasteiger partial charge in [0.05, 0.1) is 5.56 Å². The summed E-state index contributed by atoms with van der Waals surface area (Å²) in [5.41, 5.74) is 3.43. The summed E-state index contributed by atoms with van der Waals surface area (Å²) in [6, 6.07) is 25.2. The molecule has 0 radical (unpaired) electrons. The van der Waals surface area contributed by atoms with E-state index >= 15 is 0 Å². The van der Waals surface area contributed by atoms with Crippen molar-refractivity contribution in [2.45, 2.75) is 12.8 Å². The molecule has 0 atom stereocenters. The van der Waals surface area contributed by atoms with Crippen molar-refractivity contribution in [1.29, 1.82) is 0 Å². The Kier molecular flexibility index (Phi) is 5.60. The molecular weight excluding hydrogens is 613 g/mol. The van der Waals surface area contributed by atoms with Crippen molar-refractivity contribution in [2.24, 2.45) is 0 Å². The summed E-state index contributed by atoms with van der Waals surface area (Å²) in [6.07, 6.45) is 1.59. The number of rotatable bonds is 5. The first-order valence-corrected chi connectivity index (χ1v) is 9.23. The molecule has 4 rings (SSSR count). The minimum atomic E-state index is 0. The average Bonchev–Trinajstić information content (AvgIpc) is 2.75. The van der Waals surface area contributed by atoms with Crippen LogP contribution in [-0.2, 0) is 6.42 Å². The first kappa shape index (κ1) is 19.2. The Morgan fingerprint density at radius 3 is 1.69 bits per heavy atom. The summed E-state index contributed by atoms with van der Waals surface area (Å²) in [5, 5.41) is 10.6. The predicted octanol–water partition coefficient (Wildman–Crippen LogP) is 5.34. The first-order valence-electron chi connectivity index (χ1n) is 9.23. The van der Waals surface area contributed by atoms with E-state index < -0.39 is 0 Å². The fraction of sp³-hybridized carbons (Fsp3) is 0.0833. The third kappa shape index (κ3) is 4.08. The van der Waals surface area contributed by atoms with Gasteiger partial charge in [0.15, 0.2) is 17.5 Å². The van der Waals surface area contributed by atoms with Crippen LogP contribution in [0.25, 0.3) is 34.2 Å². The van der Waals surface area contributed by atoms with Gasteiger partial charge in [-0.1, -0.05) is 73.2 Å². The summed E-state index contributed by atoms with van der Waals surface area (Å²) in [4.78, 5) is 13.9. The zero-order chi connectivity index (χ0) is 19.3. The number of aromatic hydroxyl groups is 1. The van der Waals surface area contributed by atoms with Crippen molar-refractivity contribution in [2.75, 3.05) is 0 Å². The Bertz CT molecular complexity index is 1030. The van der Waals surface area contributed by atoms with Crippen LogP contribution in [0.1, 0.15) is 12.0 Å². The quantitative estimate of drug-likeness (QED) is 0.302. The van der Waals surface area contributed by atoms with E-state index in [1.54, 1.807) is 6.07 Å². The van der Waals surface area contributed by atoms with Gasteiger partial charge in [-0.2, -0.15) is 6.42 Å². The molecule has 29 heavy (non-hydrogen) atoms. The van der Waals surface area contributed by atoms with Crippen LogP contribution in [0.15, 0.2) is 78.9 Å². The van der Waals surface area contributed by atoms with E-state index in [0.29, 0.717) is 23.0 Å². The largest absolute Gasteiger partial charge is 0.507 e. The zero-order valence-corrected chi connectivity index (χ0v) is 22.5. The molecule has 1 heterocycles. The smallest absolute Gasteiger partial charge is 0.167 e. The number of nitrogens with zero attached hydrogens (tertiary/aromatic N) is 3. The molecule has 0 fully saturated rings. The Morgan fingerprint density at radius 1 is 0.690 bits per heavy atom. The Labute approximate surface area is 164 Å². The van der Waals surface area contributed by atoms with Crippen molar-refractivity contribution in [1.82, 2.24) is 15.0 Å². The maximum absolute atomic E-state index is 10.6. The first-order chi connectivity index (χ1) is 13.7. The van der Waals surface area contributed by atoms with Crippen LogP contribution in [0, 0.1) is 6.92 Å². The molecule has 0 amide bonds. The number of hydrogen-bond donors (Lipinski definition) is 1. The molecule has 0 unspecified atom stereocenters. The fourth-order valence-corrected chi connectivity index (χ4v) is 3.05. The number of aromatic nitrogens is 3. The number of benzene rings is 3. The minimum Gasteiger partial charge on any atom is -0.507 e. The van der Waals surface area contributed by atoms with Crippen molar-refractivity contribution < 1.29 is 5.11 Å². The van der Waals surface area contributed by atoms with Gasteiger partial charge in [-0.15, -0.1) is 0 Å².